The van der Waals surface area contributed by atoms with Gasteiger partial charge in [-0.05, 0) is 49.4 Å². The Hall–Kier alpha value is -2.94. The highest BCUT2D eigenvalue weighted by atomic mass is 32.2. The number of rotatable bonds is 3. The molecule has 2 amide bonds. The number of fused-ring (bicyclic) bond motifs is 1. The molecular weight excluding hydrogens is 349 g/mol. The lowest BCUT2D eigenvalue weighted by molar-refractivity contribution is -0.128. The number of amides is 2. The van der Waals surface area contributed by atoms with Crippen molar-refractivity contribution in [2.24, 2.45) is 5.92 Å². The Bertz CT molecular complexity index is 958. The van der Waals surface area contributed by atoms with Crippen LogP contribution in [0.5, 0.6) is 0 Å². The van der Waals surface area contributed by atoms with Gasteiger partial charge in [0.05, 0.1) is 16.3 Å². The summed E-state index contributed by atoms with van der Waals surface area (Å²) in [7, 11) is -3.95. The molecule has 3 rings (SSSR count). The summed E-state index contributed by atoms with van der Waals surface area (Å²) in [6.45, 7) is 1.45. The molecule has 2 aromatic carbocycles. The predicted octanol–water partition coefficient (Wildman–Crippen LogP) is 2.15. The first-order chi connectivity index (χ1) is 11.8. The SMILES string of the molecule is CC1C(=O)Nc2ccc(S(=O)(=O)Nc3ccc(F)cc3)cc2NC1=O. The minimum absolute atomic E-state index is 0.111. The van der Waals surface area contributed by atoms with Gasteiger partial charge in [-0.25, -0.2) is 12.8 Å². The molecule has 2 aromatic rings. The van der Waals surface area contributed by atoms with E-state index in [1.165, 1.54) is 37.3 Å². The predicted molar refractivity (Wildman–Crippen MR) is 90.1 cm³/mol. The summed E-state index contributed by atoms with van der Waals surface area (Å²) >= 11 is 0. The maximum absolute atomic E-state index is 12.9. The standard InChI is InChI=1S/C16H14FN3O4S/c1-9-15(21)18-13-7-6-12(8-14(13)19-16(9)22)25(23,24)20-11-4-2-10(17)3-5-11/h2-9,20H,1H3,(H,18,21)(H,19,22). The van der Waals surface area contributed by atoms with E-state index in [9.17, 15) is 22.4 Å². The van der Waals surface area contributed by atoms with E-state index in [1.807, 2.05) is 0 Å². The number of hydrogen-bond acceptors (Lipinski definition) is 4. The molecule has 0 aromatic heterocycles. The Morgan fingerprint density at radius 1 is 0.960 bits per heavy atom. The van der Waals surface area contributed by atoms with Gasteiger partial charge in [-0.15, -0.1) is 0 Å². The number of benzene rings is 2. The van der Waals surface area contributed by atoms with Crippen molar-refractivity contribution >= 4 is 38.9 Å². The smallest absolute Gasteiger partial charge is 0.261 e. The number of carbonyl (C=O) groups excluding carboxylic acids is 2. The molecule has 3 N–H and O–H groups in total. The van der Waals surface area contributed by atoms with Crippen molar-refractivity contribution in [2.45, 2.75) is 11.8 Å². The molecule has 9 heteroatoms. The molecule has 1 aliphatic heterocycles. The maximum Gasteiger partial charge on any atom is 0.261 e. The van der Waals surface area contributed by atoms with Crippen LogP contribution >= 0.6 is 0 Å². The van der Waals surface area contributed by atoms with Crippen LogP contribution in [0, 0.1) is 11.7 Å². The first-order valence-corrected chi connectivity index (χ1v) is 8.79. The third-order valence-electron chi connectivity index (χ3n) is 3.70. The first kappa shape index (κ1) is 16.9. The summed E-state index contributed by atoms with van der Waals surface area (Å²) in [6, 6.07) is 8.79. The molecule has 0 radical (unpaired) electrons. The summed E-state index contributed by atoms with van der Waals surface area (Å²) in [5.74, 6) is -2.39. The van der Waals surface area contributed by atoms with Crippen molar-refractivity contribution in [3.63, 3.8) is 0 Å². The van der Waals surface area contributed by atoms with Gasteiger partial charge in [0, 0.05) is 5.69 Å². The summed E-state index contributed by atoms with van der Waals surface area (Å²) in [4.78, 5) is 23.6. The highest BCUT2D eigenvalue weighted by molar-refractivity contribution is 7.92. The zero-order chi connectivity index (χ0) is 18.2. The number of anilines is 3. The van der Waals surface area contributed by atoms with Gasteiger partial charge in [-0.3, -0.25) is 14.3 Å². The fourth-order valence-electron chi connectivity index (χ4n) is 2.24. The van der Waals surface area contributed by atoms with Gasteiger partial charge in [0.25, 0.3) is 10.0 Å². The second-order valence-electron chi connectivity index (χ2n) is 5.52. The van der Waals surface area contributed by atoms with E-state index in [1.54, 1.807) is 0 Å². The van der Waals surface area contributed by atoms with Crippen molar-refractivity contribution < 1.29 is 22.4 Å². The molecule has 1 atom stereocenters. The van der Waals surface area contributed by atoms with E-state index in [2.05, 4.69) is 15.4 Å². The van der Waals surface area contributed by atoms with Crippen molar-refractivity contribution in [1.29, 1.82) is 0 Å². The van der Waals surface area contributed by atoms with Crippen molar-refractivity contribution in [3.8, 4) is 0 Å². The summed E-state index contributed by atoms with van der Waals surface area (Å²) < 4.78 is 40.2. The fourth-order valence-corrected chi connectivity index (χ4v) is 3.32. The average molecular weight is 363 g/mol. The molecule has 130 valence electrons. The summed E-state index contributed by atoms with van der Waals surface area (Å²) in [6.07, 6.45) is 0. The molecule has 1 aliphatic rings. The largest absolute Gasteiger partial charge is 0.324 e. The van der Waals surface area contributed by atoms with Gasteiger partial charge in [-0.1, -0.05) is 0 Å². The average Bonchev–Trinajstić information content (AvgIpc) is 2.67. The molecule has 0 saturated heterocycles. The molecule has 1 unspecified atom stereocenters. The molecule has 1 heterocycles. The van der Waals surface area contributed by atoms with E-state index in [0.717, 1.165) is 12.1 Å². The minimum atomic E-state index is -3.95. The summed E-state index contributed by atoms with van der Waals surface area (Å²) in [5, 5.41) is 5.08. The number of hydrogen-bond donors (Lipinski definition) is 3. The fraction of sp³-hybridized carbons (Fsp3) is 0.125. The molecular formula is C16H14FN3O4S. The molecule has 7 nitrogen and oxygen atoms in total. The van der Waals surface area contributed by atoms with E-state index < -0.39 is 33.6 Å². The van der Waals surface area contributed by atoms with E-state index >= 15 is 0 Å². The van der Waals surface area contributed by atoms with Crippen LogP contribution in [0.25, 0.3) is 0 Å². The minimum Gasteiger partial charge on any atom is -0.324 e. The lowest BCUT2D eigenvalue weighted by Gasteiger charge is -2.11. The van der Waals surface area contributed by atoms with Crippen LogP contribution in [0.2, 0.25) is 0 Å². The molecule has 0 aliphatic carbocycles. The molecule has 0 bridgehead atoms. The highest BCUT2D eigenvalue weighted by Gasteiger charge is 2.27. The van der Waals surface area contributed by atoms with Crippen LogP contribution in [0.1, 0.15) is 6.92 Å². The van der Waals surface area contributed by atoms with Gasteiger partial charge in [0.1, 0.15) is 11.7 Å². The van der Waals surface area contributed by atoms with Gasteiger partial charge in [-0.2, -0.15) is 0 Å². The summed E-state index contributed by atoms with van der Waals surface area (Å²) in [5.41, 5.74) is 0.690. The van der Waals surface area contributed by atoms with Crippen molar-refractivity contribution in [3.05, 3.63) is 48.3 Å². The molecule has 0 saturated carbocycles. The Labute approximate surface area is 143 Å². The van der Waals surface area contributed by atoms with E-state index in [0.29, 0.717) is 5.69 Å². The Balaban J connectivity index is 1.93. The van der Waals surface area contributed by atoms with Crippen LogP contribution in [0.4, 0.5) is 21.5 Å². The zero-order valence-corrected chi connectivity index (χ0v) is 13.9. The monoisotopic (exact) mass is 363 g/mol. The van der Waals surface area contributed by atoms with E-state index in [-0.39, 0.29) is 16.3 Å². The van der Waals surface area contributed by atoms with E-state index in [4.69, 9.17) is 0 Å². The Kier molecular flexibility index (Phi) is 4.17. The van der Waals surface area contributed by atoms with Gasteiger partial charge < -0.3 is 10.6 Å². The molecule has 0 fully saturated rings. The van der Waals surface area contributed by atoms with Crippen LogP contribution in [0.3, 0.4) is 0 Å². The van der Waals surface area contributed by atoms with Gasteiger partial charge in [0.15, 0.2) is 0 Å². The Morgan fingerprint density at radius 2 is 1.56 bits per heavy atom. The normalized spacial score (nSPS) is 17.1. The van der Waals surface area contributed by atoms with Gasteiger partial charge >= 0.3 is 0 Å². The maximum atomic E-state index is 12.9. The van der Waals surface area contributed by atoms with Crippen LogP contribution in [-0.4, -0.2) is 20.2 Å². The first-order valence-electron chi connectivity index (χ1n) is 7.30. The van der Waals surface area contributed by atoms with Crippen molar-refractivity contribution in [2.75, 3.05) is 15.4 Å². The molecule has 25 heavy (non-hydrogen) atoms. The highest BCUT2D eigenvalue weighted by Crippen LogP contribution is 2.29. The lowest BCUT2D eigenvalue weighted by atomic mass is 10.1. The van der Waals surface area contributed by atoms with Gasteiger partial charge in [0.2, 0.25) is 11.8 Å². The third kappa shape index (κ3) is 3.45. The van der Waals surface area contributed by atoms with Crippen LogP contribution in [0.15, 0.2) is 47.4 Å². The number of nitrogens with one attached hydrogen (secondary N) is 3. The second kappa shape index (κ2) is 6.17. The molecule has 0 spiro atoms. The van der Waals surface area contributed by atoms with Crippen molar-refractivity contribution in [1.82, 2.24) is 0 Å². The topological polar surface area (TPSA) is 104 Å². The quantitative estimate of drug-likeness (QED) is 0.727. The Morgan fingerprint density at radius 3 is 2.20 bits per heavy atom. The third-order valence-corrected chi connectivity index (χ3v) is 5.08. The number of sulfonamides is 1. The van der Waals surface area contributed by atoms with Crippen LogP contribution in [-0.2, 0) is 19.6 Å². The second-order valence-corrected chi connectivity index (χ2v) is 7.20. The van der Waals surface area contributed by atoms with Crippen LogP contribution < -0.4 is 15.4 Å². The lowest BCUT2D eigenvalue weighted by Crippen LogP contribution is -2.28. The number of halogens is 1. The number of carbonyl (C=O) groups is 2. The zero-order valence-electron chi connectivity index (χ0n) is 13.0.